The number of nitrogens with one attached hydrogen (secondary N) is 1. The van der Waals surface area contributed by atoms with Crippen LogP contribution in [0.5, 0.6) is 0 Å². The van der Waals surface area contributed by atoms with Crippen LogP contribution in [0.1, 0.15) is 34.6 Å². The summed E-state index contributed by atoms with van der Waals surface area (Å²) >= 11 is 0. The highest BCUT2D eigenvalue weighted by Gasteiger charge is 2.17. The Morgan fingerprint density at radius 1 is 1.11 bits per heavy atom. The van der Waals surface area contributed by atoms with E-state index in [1.54, 1.807) is 29.7 Å². The van der Waals surface area contributed by atoms with Crippen molar-refractivity contribution in [2.75, 3.05) is 11.9 Å². The molecule has 144 valence electrons. The van der Waals surface area contributed by atoms with Gasteiger partial charge in [-0.1, -0.05) is 12.1 Å². The summed E-state index contributed by atoms with van der Waals surface area (Å²) in [7, 11) is 0. The van der Waals surface area contributed by atoms with Gasteiger partial charge in [0.2, 0.25) is 5.43 Å². The molecule has 0 aliphatic heterocycles. The Kier molecular flexibility index (Phi) is 5.54. The Bertz CT molecular complexity index is 1120. The molecule has 0 fully saturated rings. The van der Waals surface area contributed by atoms with Crippen molar-refractivity contribution < 1.29 is 18.7 Å². The van der Waals surface area contributed by atoms with E-state index in [9.17, 15) is 18.8 Å². The molecule has 0 atom stereocenters. The minimum Gasteiger partial charge on any atom is -0.462 e. The second kappa shape index (κ2) is 8.04. The van der Waals surface area contributed by atoms with Crippen LogP contribution in [0.3, 0.4) is 0 Å². The van der Waals surface area contributed by atoms with E-state index in [2.05, 4.69) is 5.32 Å². The summed E-state index contributed by atoms with van der Waals surface area (Å²) in [6.07, 6.45) is 1.47. The van der Waals surface area contributed by atoms with E-state index < -0.39 is 23.1 Å². The third-order valence-corrected chi connectivity index (χ3v) is 4.29. The van der Waals surface area contributed by atoms with Crippen LogP contribution in [0, 0.1) is 5.82 Å². The van der Waals surface area contributed by atoms with Crippen LogP contribution in [0.15, 0.2) is 53.5 Å². The second-order valence-corrected chi connectivity index (χ2v) is 6.04. The van der Waals surface area contributed by atoms with E-state index in [0.29, 0.717) is 17.7 Å². The lowest BCUT2D eigenvalue weighted by Gasteiger charge is -2.13. The summed E-state index contributed by atoms with van der Waals surface area (Å²) in [6.45, 7) is 4.23. The van der Waals surface area contributed by atoms with E-state index in [0.717, 1.165) is 0 Å². The van der Waals surface area contributed by atoms with E-state index in [1.165, 1.54) is 30.5 Å². The quantitative estimate of drug-likeness (QED) is 0.684. The average molecular weight is 382 g/mol. The Morgan fingerprint density at radius 2 is 1.86 bits per heavy atom. The number of anilines is 1. The highest BCUT2D eigenvalue weighted by atomic mass is 19.1. The van der Waals surface area contributed by atoms with Gasteiger partial charge in [-0.15, -0.1) is 0 Å². The largest absolute Gasteiger partial charge is 0.462 e. The summed E-state index contributed by atoms with van der Waals surface area (Å²) < 4.78 is 20.5. The van der Waals surface area contributed by atoms with Crippen molar-refractivity contribution in [3.05, 3.63) is 75.8 Å². The molecule has 3 rings (SSSR count). The summed E-state index contributed by atoms with van der Waals surface area (Å²) in [5.74, 6) is -1.97. The highest BCUT2D eigenvalue weighted by Crippen LogP contribution is 2.19. The molecule has 6 nitrogen and oxygen atoms in total. The fourth-order valence-corrected chi connectivity index (χ4v) is 2.93. The van der Waals surface area contributed by atoms with Crippen molar-refractivity contribution in [1.82, 2.24) is 4.57 Å². The SMILES string of the molecule is CCOC(=O)c1cn(CC)c2ccc(NC(=O)c3ccccc3F)cc2c1=O. The Morgan fingerprint density at radius 3 is 2.54 bits per heavy atom. The minimum atomic E-state index is -0.697. The smallest absolute Gasteiger partial charge is 0.343 e. The maximum absolute atomic E-state index is 13.8. The van der Waals surface area contributed by atoms with Crippen molar-refractivity contribution in [3.63, 3.8) is 0 Å². The van der Waals surface area contributed by atoms with Crippen molar-refractivity contribution in [2.45, 2.75) is 20.4 Å². The molecular formula is C21H19FN2O4. The predicted octanol–water partition coefficient (Wildman–Crippen LogP) is 3.59. The number of ether oxygens (including phenoxy) is 1. The van der Waals surface area contributed by atoms with Gasteiger partial charge >= 0.3 is 5.97 Å². The van der Waals surface area contributed by atoms with Crippen LogP contribution >= 0.6 is 0 Å². The number of pyridine rings is 1. The van der Waals surface area contributed by atoms with Crippen LogP contribution in [-0.2, 0) is 11.3 Å². The summed E-state index contributed by atoms with van der Waals surface area (Å²) in [5, 5.41) is 2.85. The van der Waals surface area contributed by atoms with Crippen molar-refractivity contribution in [1.29, 1.82) is 0 Å². The molecule has 28 heavy (non-hydrogen) atoms. The molecule has 0 unspecified atom stereocenters. The fraction of sp³-hybridized carbons (Fsp3) is 0.190. The molecule has 0 radical (unpaired) electrons. The molecule has 0 bridgehead atoms. The van der Waals surface area contributed by atoms with Crippen LogP contribution in [-0.4, -0.2) is 23.1 Å². The van der Waals surface area contributed by atoms with Gasteiger partial charge in [-0.05, 0) is 44.2 Å². The molecule has 1 N–H and O–H groups in total. The van der Waals surface area contributed by atoms with Gasteiger partial charge in [0.15, 0.2) is 0 Å². The zero-order chi connectivity index (χ0) is 20.3. The Labute approximate surface area is 160 Å². The Hall–Kier alpha value is -3.48. The molecule has 0 spiro atoms. The maximum atomic E-state index is 13.8. The molecule has 0 aliphatic rings. The van der Waals surface area contributed by atoms with Gasteiger partial charge in [0.25, 0.3) is 5.91 Å². The number of carbonyl (C=O) groups excluding carboxylic acids is 2. The number of hydrogen-bond acceptors (Lipinski definition) is 4. The number of aryl methyl sites for hydroxylation is 1. The summed E-state index contributed by atoms with van der Waals surface area (Å²) in [4.78, 5) is 37.2. The topological polar surface area (TPSA) is 77.4 Å². The fourth-order valence-electron chi connectivity index (χ4n) is 2.93. The lowest BCUT2D eigenvalue weighted by Crippen LogP contribution is -2.21. The van der Waals surface area contributed by atoms with Gasteiger partial charge in [-0.3, -0.25) is 9.59 Å². The zero-order valence-electron chi connectivity index (χ0n) is 15.5. The normalized spacial score (nSPS) is 10.7. The van der Waals surface area contributed by atoms with Gasteiger partial charge in [-0.25, -0.2) is 9.18 Å². The van der Waals surface area contributed by atoms with Crippen molar-refractivity contribution in [2.24, 2.45) is 0 Å². The molecule has 0 saturated carbocycles. The number of nitrogens with zero attached hydrogens (tertiary/aromatic N) is 1. The van der Waals surface area contributed by atoms with E-state index >= 15 is 0 Å². The van der Waals surface area contributed by atoms with Gasteiger partial charge in [0.05, 0.1) is 17.7 Å². The van der Waals surface area contributed by atoms with Gasteiger partial charge in [0.1, 0.15) is 11.4 Å². The number of amides is 1. The number of aromatic nitrogens is 1. The first-order chi connectivity index (χ1) is 13.5. The van der Waals surface area contributed by atoms with Crippen LogP contribution in [0.2, 0.25) is 0 Å². The first-order valence-corrected chi connectivity index (χ1v) is 8.86. The first-order valence-electron chi connectivity index (χ1n) is 8.86. The maximum Gasteiger partial charge on any atom is 0.343 e. The number of fused-ring (bicyclic) bond motifs is 1. The minimum absolute atomic E-state index is 0.0752. The van der Waals surface area contributed by atoms with Crippen LogP contribution in [0.25, 0.3) is 10.9 Å². The van der Waals surface area contributed by atoms with E-state index in [1.807, 2.05) is 6.92 Å². The van der Waals surface area contributed by atoms with Crippen molar-refractivity contribution >= 4 is 28.5 Å². The van der Waals surface area contributed by atoms with Crippen LogP contribution in [0.4, 0.5) is 10.1 Å². The zero-order valence-corrected chi connectivity index (χ0v) is 15.5. The molecule has 0 aliphatic carbocycles. The van der Waals surface area contributed by atoms with E-state index in [-0.39, 0.29) is 23.1 Å². The third-order valence-electron chi connectivity index (χ3n) is 4.29. The monoisotopic (exact) mass is 382 g/mol. The first kappa shape index (κ1) is 19.3. The molecule has 1 heterocycles. The lowest BCUT2D eigenvalue weighted by molar-refractivity contribution is 0.0524. The second-order valence-electron chi connectivity index (χ2n) is 6.04. The van der Waals surface area contributed by atoms with E-state index in [4.69, 9.17) is 4.74 Å². The lowest BCUT2D eigenvalue weighted by atomic mass is 10.1. The van der Waals surface area contributed by atoms with Gasteiger partial charge in [0, 0.05) is 23.8 Å². The average Bonchev–Trinajstić information content (AvgIpc) is 2.69. The molecule has 0 saturated heterocycles. The number of halogens is 1. The molecule has 1 aromatic heterocycles. The number of rotatable bonds is 5. The summed E-state index contributed by atoms with van der Waals surface area (Å²) in [6, 6.07) is 10.4. The number of hydrogen-bond donors (Lipinski definition) is 1. The van der Waals surface area contributed by atoms with Gasteiger partial charge in [-0.2, -0.15) is 0 Å². The van der Waals surface area contributed by atoms with Crippen molar-refractivity contribution in [3.8, 4) is 0 Å². The molecule has 3 aromatic rings. The van der Waals surface area contributed by atoms with Gasteiger partial charge < -0.3 is 14.6 Å². The Balaban J connectivity index is 2.06. The predicted molar refractivity (Wildman–Crippen MR) is 104 cm³/mol. The number of esters is 1. The number of carbonyl (C=O) groups is 2. The molecule has 2 aromatic carbocycles. The highest BCUT2D eigenvalue weighted by molar-refractivity contribution is 6.05. The number of benzene rings is 2. The molecule has 1 amide bonds. The molecule has 7 heteroatoms. The summed E-state index contributed by atoms with van der Waals surface area (Å²) in [5.41, 5.74) is 0.272. The third kappa shape index (κ3) is 3.64. The van der Waals surface area contributed by atoms with Crippen LogP contribution < -0.4 is 10.7 Å². The standard InChI is InChI=1S/C21H19FN2O4/c1-3-24-12-16(21(27)28-4-2)19(25)15-11-13(9-10-18(15)24)23-20(26)14-7-5-6-8-17(14)22/h5-12H,3-4H2,1-2H3,(H,23,26). The molecular weight excluding hydrogens is 363 g/mol.